The first-order valence-electron chi connectivity index (χ1n) is 9.30. The molecule has 0 spiro atoms. The number of nitrogens with zero attached hydrogens (tertiary/aromatic N) is 1. The van der Waals surface area contributed by atoms with Crippen LogP contribution < -0.4 is 5.32 Å². The van der Waals surface area contributed by atoms with Crippen molar-refractivity contribution in [2.75, 3.05) is 6.54 Å². The molecule has 1 fully saturated rings. The van der Waals surface area contributed by atoms with Crippen LogP contribution in [0.4, 0.5) is 4.79 Å². The van der Waals surface area contributed by atoms with Gasteiger partial charge in [0.2, 0.25) is 11.3 Å². The summed E-state index contributed by atoms with van der Waals surface area (Å²) in [6.45, 7) is 1.09. The second-order valence-corrected chi connectivity index (χ2v) is 7.17. The Bertz CT molecular complexity index is 1200. The molecular formula is C23H18N2O5. The lowest BCUT2D eigenvalue weighted by molar-refractivity contribution is -0.142. The summed E-state index contributed by atoms with van der Waals surface area (Å²) in [6.07, 6.45) is 0. The number of Topliss-reactive ketones (excluding diaryl/α,β-unsaturated/α-hetero) is 1. The second-order valence-electron chi connectivity index (χ2n) is 7.17. The van der Waals surface area contributed by atoms with Crippen LogP contribution in [0.3, 0.4) is 0 Å². The summed E-state index contributed by atoms with van der Waals surface area (Å²) in [7, 11) is 0. The number of ketones is 1. The molecule has 1 heterocycles. The van der Waals surface area contributed by atoms with Crippen molar-refractivity contribution in [1.29, 1.82) is 0 Å². The standard InChI is InChI=1S/C23H18N2O5/c1-14-6-5-7-15-10-11-16(12-18(14)15)20(28)23(17-8-3-2-4-9-17)21(29)25(13-19(26)27)22(30)24-23/h2-12H,13H2,1H3,(H,24,30)(H,26,27). The largest absolute Gasteiger partial charge is 0.480 e. The van der Waals surface area contributed by atoms with Crippen molar-refractivity contribution in [2.45, 2.75) is 12.5 Å². The maximum Gasteiger partial charge on any atom is 0.326 e. The molecule has 1 aliphatic heterocycles. The van der Waals surface area contributed by atoms with Gasteiger partial charge < -0.3 is 10.4 Å². The van der Waals surface area contributed by atoms with Crippen LogP contribution in [0.2, 0.25) is 0 Å². The molecule has 1 unspecified atom stereocenters. The lowest BCUT2D eigenvalue weighted by Gasteiger charge is -2.26. The molecule has 1 aliphatic rings. The third kappa shape index (κ3) is 2.91. The first-order chi connectivity index (χ1) is 14.3. The molecule has 0 radical (unpaired) electrons. The smallest absolute Gasteiger partial charge is 0.326 e. The van der Waals surface area contributed by atoms with Gasteiger partial charge in [0.05, 0.1) is 0 Å². The van der Waals surface area contributed by atoms with Crippen LogP contribution >= 0.6 is 0 Å². The third-order valence-corrected chi connectivity index (χ3v) is 5.31. The van der Waals surface area contributed by atoms with E-state index >= 15 is 0 Å². The molecular weight excluding hydrogens is 384 g/mol. The average Bonchev–Trinajstić information content (AvgIpc) is 2.99. The summed E-state index contributed by atoms with van der Waals surface area (Å²) >= 11 is 0. The SMILES string of the molecule is Cc1cccc2ccc(C(=O)C3(c4ccccc4)NC(=O)N(CC(=O)O)C3=O)cc12. The second kappa shape index (κ2) is 7.11. The number of rotatable bonds is 5. The molecule has 30 heavy (non-hydrogen) atoms. The Morgan fingerprint density at radius 2 is 1.73 bits per heavy atom. The Labute approximate surface area is 171 Å². The molecule has 0 bridgehead atoms. The number of nitrogens with one attached hydrogen (secondary N) is 1. The van der Waals surface area contributed by atoms with Crippen LogP contribution in [0.5, 0.6) is 0 Å². The summed E-state index contributed by atoms with van der Waals surface area (Å²) in [5.74, 6) is -2.88. The highest BCUT2D eigenvalue weighted by Gasteiger charge is 2.58. The molecule has 2 N–H and O–H groups in total. The summed E-state index contributed by atoms with van der Waals surface area (Å²) in [5, 5.41) is 13.4. The van der Waals surface area contributed by atoms with Gasteiger partial charge in [-0.05, 0) is 34.9 Å². The number of hydrogen-bond acceptors (Lipinski definition) is 4. The average molecular weight is 402 g/mol. The molecule has 3 aromatic carbocycles. The first-order valence-corrected chi connectivity index (χ1v) is 9.30. The van der Waals surface area contributed by atoms with Crippen LogP contribution in [0.15, 0.2) is 66.7 Å². The summed E-state index contributed by atoms with van der Waals surface area (Å²) in [5.41, 5.74) is -0.549. The van der Waals surface area contributed by atoms with Crippen molar-refractivity contribution in [3.63, 3.8) is 0 Å². The van der Waals surface area contributed by atoms with Crippen molar-refractivity contribution in [2.24, 2.45) is 0 Å². The molecule has 1 atom stereocenters. The lowest BCUT2D eigenvalue weighted by Crippen LogP contribution is -2.51. The Hall–Kier alpha value is -4.00. The number of aliphatic carboxylic acids is 1. The van der Waals surface area contributed by atoms with Crippen molar-refractivity contribution >= 4 is 34.5 Å². The van der Waals surface area contributed by atoms with Gasteiger partial charge in [-0.3, -0.25) is 19.3 Å². The van der Waals surface area contributed by atoms with E-state index in [1.165, 1.54) is 0 Å². The van der Waals surface area contributed by atoms with Crippen molar-refractivity contribution in [3.8, 4) is 0 Å². The fraction of sp³-hybridized carbons (Fsp3) is 0.130. The van der Waals surface area contributed by atoms with Crippen molar-refractivity contribution < 1.29 is 24.3 Å². The van der Waals surface area contributed by atoms with Crippen LogP contribution in [-0.4, -0.2) is 40.2 Å². The van der Waals surface area contributed by atoms with Gasteiger partial charge in [-0.1, -0.05) is 60.7 Å². The molecule has 1 saturated heterocycles. The van der Waals surface area contributed by atoms with Gasteiger partial charge in [0.15, 0.2) is 0 Å². The highest BCUT2D eigenvalue weighted by atomic mass is 16.4. The van der Waals surface area contributed by atoms with Gasteiger partial charge >= 0.3 is 12.0 Å². The van der Waals surface area contributed by atoms with E-state index in [-0.39, 0.29) is 11.1 Å². The fourth-order valence-electron chi connectivity index (χ4n) is 3.81. The third-order valence-electron chi connectivity index (χ3n) is 5.31. The number of amides is 3. The number of aryl methyl sites for hydroxylation is 1. The van der Waals surface area contributed by atoms with E-state index in [4.69, 9.17) is 5.11 Å². The number of carbonyl (C=O) groups excluding carboxylic acids is 3. The Kier molecular flexibility index (Phi) is 4.58. The molecule has 0 aliphatic carbocycles. The van der Waals surface area contributed by atoms with E-state index < -0.39 is 35.8 Å². The van der Waals surface area contributed by atoms with Crippen LogP contribution in [-0.2, 0) is 15.1 Å². The number of benzene rings is 3. The number of carboxylic acids is 1. The molecule has 150 valence electrons. The number of hydrogen-bond donors (Lipinski definition) is 2. The molecule has 0 saturated carbocycles. The fourth-order valence-corrected chi connectivity index (χ4v) is 3.81. The molecule has 0 aromatic heterocycles. The maximum absolute atomic E-state index is 13.7. The number of imide groups is 1. The number of urea groups is 1. The highest BCUT2D eigenvalue weighted by molar-refractivity contribution is 6.26. The Morgan fingerprint density at radius 3 is 2.43 bits per heavy atom. The lowest BCUT2D eigenvalue weighted by atomic mass is 9.81. The predicted molar refractivity (Wildman–Crippen MR) is 109 cm³/mol. The zero-order valence-corrected chi connectivity index (χ0v) is 16.1. The normalized spacial score (nSPS) is 18.5. The maximum atomic E-state index is 13.7. The van der Waals surface area contributed by atoms with Gasteiger partial charge in [0.25, 0.3) is 5.91 Å². The van der Waals surface area contributed by atoms with Crippen LogP contribution in [0.1, 0.15) is 21.5 Å². The zero-order chi connectivity index (χ0) is 21.5. The quantitative estimate of drug-likeness (QED) is 0.388. The van der Waals surface area contributed by atoms with Crippen LogP contribution in [0, 0.1) is 6.92 Å². The van der Waals surface area contributed by atoms with Gasteiger partial charge in [-0.2, -0.15) is 0 Å². The molecule has 7 nitrogen and oxygen atoms in total. The summed E-state index contributed by atoms with van der Waals surface area (Å²) in [6, 6.07) is 18.0. The topological polar surface area (TPSA) is 104 Å². The van der Waals surface area contributed by atoms with E-state index in [1.807, 2.05) is 25.1 Å². The van der Waals surface area contributed by atoms with E-state index in [2.05, 4.69) is 5.32 Å². The molecule has 7 heteroatoms. The molecule has 3 aromatic rings. The minimum atomic E-state index is -2.02. The zero-order valence-electron chi connectivity index (χ0n) is 16.1. The summed E-state index contributed by atoms with van der Waals surface area (Å²) in [4.78, 5) is 51.2. The van der Waals surface area contributed by atoms with Crippen molar-refractivity contribution in [1.82, 2.24) is 10.2 Å². The number of carboxylic acid groups (broad SMARTS) is 1. The monoisotopic (exact) mass is 402 g/mol. The summed E-state index contributed by atoms with van der Waals surface area (Å²) < 4.78 is 0. The minimum Gasteiger partial charge on any atom is -0.480 e. The molecule has 4 rings (SSSR count). The Morgan fingerprint density at radius 1 is 1.00 bits per heavy atom. The highest BCUT2D eigenvalue weighted by Crippen LogP contribution is 2.34. The van der Waals surface area contributed by atoms with Gasteiger partial charge in [-0.15, -0.1) is 0 Å². The van der Waals surface area contributed by atoms with E-state index in [9.17, 15) is 19.2 Å². The van der Waals surface area contributed by atoms with E-state index in [0.717, 1.165) is 16.3 Å². The van der Waals surface area contributed by atoms with Gasteiger partial charge in [-0.25, -0.2) is 4.79 Å². The number of carbonyl (C=O) groups is 4. The first kappa shape index (κ1) is 19.3. The predicted octanol–water partition coefficient (Wildman–Crippen LogP) is 2.86. The van der Waals surface area contributed by atoms with E-state index in [1.54, 1.807) is 48.5 Å². The van der Waals surface area contributed by atoms with Gasteiger partial charge in [0.1, 0.15) is 6.54 Å². The number of fused-ring (bicyclic) bond motifs is 1. The van der Waals surface area contributed by atoms with Crippen LogP contribution in [0.25, 0.3) is 10.8 Å². The van der Waals surface area contributed by atoms with Crippen molar-refractivity contribution in [3.05, 3.63) is 83.4 Å². The molecule has 3 amide bonds. The van der Waals surface area contributed by atoms with Gasteiger partial charge in [0, 0.05) is 5.56 Å². The minimum absolute atomic E-state index is 0.242. The van der Waals surface area contributed by atoms with E-state index in [0.29, 0.717) is 4.90 Å². The Balaban J connectivity index is 1.89.